The molecule has 2 aliphatic heterocycles. The molecule has 0 aromatic rings. The summed E-state index contributed by atoms with van der Waals surface area (Å²) in [6.07, 6.45) is 2.59. The minimum atomic E-state index is -0.683. The van der Waals surface area contributed by atoms with E-state index in [0.717, 1.165) is 32.1 Å². The number of hydrogen-bond acceptors (Lipinski definition) is 9. The lowest BCUT2D eigenvalue weighted by molar-refractivity contribution is -0.265. The monoisotopic (exact) mass is 462 g/mol. The topological polar surface area (TPSA) is 124 Å². The van der Waals surface area contributed by atoms with E-state index in [4.69, 9.17) is 23.7 Å². The van der Waals surface area contributed by atoms with Crippen LogP contribution in [-0.4, -0.2) is 91.6 Å². The number of carbonyl (C=O) groups excluding carboxylic acids is 1. The molecule has 0 aromatic heterocycles. The average Bonchev–Trinajstić information content (AvgIpc) is 3.12. The molecule has 3 unspecified atom stereocenters. The third kappa shape index (κ3) is 8.61. The van der Waals surface area contributed by atoms with Crippen molar-refractivity contribution < 1.29 is 43.8 Å². The van der Waals surface area contributed by atoms with Crippen molar-refractivity contribution in [1.29, 1.82) is 0 Å². The summed E-state index contributed by atoms with van der Waals surface area (Å²) in [4.78, 5) is 12.1. The van der Waals surface area contributed by atoms with E-state index in [1.54, 1.807) is 7.11 Å². The molecule has 0 radical (unpaired) electrons. The number of Topliss-reactive ketones (excluding diaryl/α,β-unsaturated/α-hetero) is 1. The van der Waals surface area contributed by atoms with E-state index in [9.17, 15) is 20.1 Å². The Morgan fingerprint density at radius 3 is 2.41 bits per heavy atom. The summed E-state index contributed by atoms with van der Waals surface area (Å²) >= 11 is 0. The van der Waals surface area contributed by atoms with E-state index in [2.05, 4.69) is 0 Å². The number of hydrogen-bond donors (Lipinski definition) is 3. The molecule has 0 aromatic carbocycles. The van der Waals surface area contributed by atoms with E-state index in [-0.39, 0.29) is 43.2 Å². The number of ketones is 1. The van der Waals surface area contributed by atoms with Gasteiger partial charge >= 0.3 is 0 Å². The summed E-state index contributed by atoms with van der Waals surface area (Å²) in [5.41, 5.74) is 0. The maximum Gasteiger partial charge on any atom is 0.163 e. The van der Waals surface area contributed by atoms with Gasteiger partial charge in [0.25, 0.3) is 0 Å². The van der Waals surface area contributed by atoms with Crippen molar-refractivity contribution >= 4 is 5.78 Å². The van der Waals surface area contributed by atoms with Crippen LogP contribution in [0, 0.1) is 11.8 Å². The maximum absolute atomic E-state index is 12.1. The zero-order valence-electron chi connectivity index (χ0n) is 19.7. The van der Waals surface area contributed by atoms with Crippen molar-refractivity contribution in [3.05, 3.63) is 0 Å². The second kappa shape index (κ2) is 14.6. The summed E-state index contributed by atoms with van der Waals surface area (Å²) in [6, 6.07) is 0. The molecule has 0 amide bonds. The summed E-state index contributed by atoms with van der Waals surface area (Å²) in [6.45, 7) is 4.38. The molecule has 2 heterocycles. The first-order valence-electron chi connectivity index (χ1n) is 11.9. The van der Waals surface area contributed by atoms with Crippen molar-refractivity contribution in [1.82, 2.24) is 0 Å². The van der Waals surface area contributed by atoms with Gasteiger partial charge < -0.3 is 39.0 Å². The number of ether oxygens (including phenoxy) is 5. The molecule has 9 heteroatoms. The molecular formula is C23H42O9. The number of rotatable bonds is 15. The Bertz CT molecular complexity index is 530. The van der Waals surface area contributed by atoms with Crippen LogP contribution >= 0.6 is 0 Å². The van der Waals surface area contributed by atoms with Crippen LogP contribution in [0.2, 0.25) is 0 Å². The van der Waals surface area contributed by atoms with Gasteiger partial charge in [0.05, 0.1) is 31.5 Å². The smallest absolute Gasteiger partial charge is 0.163 e. The second-order valence-electron chi connectivity index (χ2n) is 9.04. The quantitative estimate of drug-likeness (QED) is 0.310. The average molecular weight is 463 g/mol. The fraction of sp³-hybridized carbons (Fsp3) is 0.957. The Balaban J connectivity index is 1.47. The molecule has 2 fully saturated rings. The lowest BCUT2D eigenvalue weighted by Crippen LogP contribution is -2.51. The van der Waals surface area contributed by atoms with E-state index >= 15 is 0 Å². The van der Waals surface area contributed by atoms with Gasteiger partial charge in [0, 0.05) is 38.4 Å². The molecule has 3 N–H and O–H groups in total. The largest absolute Gasteiger partial charge is 0.394 e. The first kappa shape index (κ1) is 27.6. The van der Waals surface area contributed by atoms with Crippen LogP contribution < -0.4 is 0 Å². The summed E-state index contributed by atoms with van der Waals surface area (Å²) in [7, 11) is 1.58. The summed E-state index contributed by atoms with van der Waals surface area (Å²) in [5.74, 6) is -0.423. The van der Waals surface area contributed by atoms with Crippen LogP contribution in [0.4, 0.5) is 0 Å². The predicted octanol–water partition coefficient (Wildman–Crippen LogP) is 1.40. The molecule has 32 heavy (non-hydrogen) atoms. The van der Waals surface area contributed by atoms with Gasteiger partial charge in [-0.25, -0.2) is 0 Å². The number of methoxy groups -OCH3 is 1. The molecule has 9 nitrogen and oxygen atoms in total. The van der Waals surface area contributed by atoms with Crippen LogP contribution in [0.25, 0.3) is 0 Å². The first-order chi connectivity index (χ1) is 15.4. The molecule has 0 aliphatic carbocycles. The van der Waals surface area contributed by atoms with Crippen molar-refractivity contribution in [2.24, 2.45) is 11.8 Å². The van der Waals surface area contributed by atoms with Gasteiger partial charge in [0.1, 0.15) is 12.7 Å². The number of carbonyl (C=O) groups is 1. The standard InChI is InChI=1S/C23H42O9/c1-15-19(12-24)32-23(16(2)22(15)27)30-13-17(25)9-7-5-4-6-8-10-29-21-11-18(26)20(31-21)14-28-3/h15-16,18-24,26-27H,4-14H2,1-3H3/t15-,16?,18?,19?,20+,21-,22-,23+/m0/s1. The van der Waals surface area contributed by atoms with Crippen molar-refractivity contribution in [2.45, 2.75) is 95.8 Å². The van der Waals surface area contributed by atoms with Crippen LogP contribution in [-0.2, 0) is 28.5 Å². The van der Waals surface area contributed by atoms with Gasteiger partial charge in [-0.05, 0) is 12.8 Å². The first-order valence-corrected chi connectivity index (χ1v) is 11.9. The highest BCUT2D eigenvalue weighted by molar-refractivity contribution is 5.79. The van der Waals surface area contributed by atoms with Crippen LogP contribution in [0.15, 0.2) is 0 Å². The molecule has 0 bridgehead atoms. The number of aliphatic hydroxyl groups is 3. The van der Waals surface area contributed by atoms with Crippen molar-refractivity contribution in [3.8, 4) is 0 Å². The third-order valence-electron chi connectivity index (χ3n) is 6.41. The highest BCUT2D eigenvalue weighted by Crippen LogP contribution is 2.30. The van der Waals surface area contributed by atoms with Gasteiger partial charge in [0.15, 0.2) is 18.4 Å². The molecule has 0 saturated carbocycles. The van der Waals surface area contributed by atoms with E-state index < -0.39 is 24.6 Å². The number of unbranched alkanes of at least 4 members (excludes halogenated alkanes) is 4. The fourth-order valence-corrected chi connectivity index (χ4v) is 4.21. The zero-order chi connectivity index (χ0) is 23.5. The highest BCUT2D eigenvalue weighted by Gasteiger charge is 2.41. The lowest BCUT2D eigenvalue weighted by Gasteiger charge is -2.41. The van der Waals surface area contributed by atoms with Gasteiger partial charge in [-0.15, -0.1) is 0 Å². The van der Waals surface area contributed by atoms with Gasteiger partial charge in [-0.3, -0.25) is 4.79 Å². The Hall–Kier alpha value is -0.650. The molecule has 2 aliphatic rings. The molecule has 188 valence electrons. The van der Waals surface area contributed by atoms with E-state index in [0.29, 0.717) is 26.1 Å². The summed E-state index contributed by atoms with van der Waals surface area (Å²) in [5, 5.41) is 29.5. The van der Waals surface area contributed by atoms with Gasteiger partial charge in [-0.1, -0.05) is 33.1 Å². The maximum atomic E-state index is 12.1. The van der Waals surface area contributed by atoms with Crippen molar-refractivity contribution in [2.75, 3.05) is 33.5 Å². The Morgan fingerprint density at radius 2 is 1.69 bits per heavy atom. The van der Waals surface area contributed by atoms with E-state index in [1.807, 2.05) is 13.8 Å². The molecule has 0 spiro atoms. The van der Waals surface area contributed by atoms with Gasteiger partial charge in [-0.2, -0.15) is 0 Å². The van der Waals surface area contributed by atoms with Gasteiger partial charge in [0.2, 0.25) is 0 Å². The molecule has 8 atom stereocenters. The molecular weight excluding hydrogens is 420 g/mol. The van der Waals surface area contributed by atoms with Crippen LogP contribution in [0.5, 0.6) is 0 Å². The summed E-state index contributed by atoms with van der Waals surface area (Å²) < 4.78 is 27.6. The highest BCUT2D eigenvalue weighted by atomic mass is 16.7. The molecule has 2 rings (SSSR count). The Labute approximate surface area is 191 Å². The predicted molar refractivity (Wildman–Crippen MR) is 116 cm³/mol. The zero-order valence-corrected chi connectivity index (χ0v) is 19.7. The number of aliphatic hydroxyl groups excluding tert-OH is 3. The van der Waals surface area contributed by atoms with E-state index in [1.165, 1.54) is 0 Å². The van der Waals surface area contributed by atoms with Crippen LogP contribution in [0.1, 0.15) is 58.8 Å². The minimum absolute atomic E-state index is 0.0142. The Kier molecular flexibility index (Phi) is 12.6. The fourth-order valence-electron chi connectivity index (χ4n) is 4.21. The Morgan fingerprint density at radius 1 is 0.969 bits per heavy atom. The normalized spacial score (nSPS) is 35.3. The second-order valence-corrected chi connectivity index (χ2v) is 9.04. The van der Waals surface area contributed by atoms with Crippen molar-refractivity contribution in [3.63, 3.8) is 0 Å². The SMILES string of the molecule is COC[C@H]1O[C@H](OCCCCCCCC(=O)CO[C@@H]2OC(CO)[C@H](C)[C@H](O)C2C)CC1O. The molecule has 2 saturated heterocycles. The van der Waals surface area contributed by atoms with Crippen LogP contribution in [0.3, 0.4) is 0 Å². The lowest BCUT2D eigenvalue weighted by atomic mass is 9.86. The third-order valence-corrected chi connectivity index (χ3v) is 6.41. The minimum Gasteiger partial charge on any atom is -0.394 e.